The predicted molar refractivity (Wildman–Crippen MR) is 89.7 cm³/mol. The van der Waals surface area contributed by atoms with Gasteiger partial charge in [-0.1, -0.05) is 56.2 Å². The minimum absolute atomic E-state index is 0.0512. The van der Waals surface area contributed by atoms with Crippen LogP contribution in [0.2, 0.25) is 0 Å². The van der Waals surface area contributed by atoms with Gasteiger partial charge >= 0.3 is 0 Å². The van der Waals surface area contributed by atoms with E-state index < -0.39 is 0 Å². The van der Waals surface area contributed by atoms with Crippen molar-refractivity contribution in [2.75, 3.05) is 19.8 Å². The van der Waals surface area contributed by atoms with Gasteiger partial charge < -0.3 is 14.2 Å². The first-order chi connectivity index (χ1) is 10.8. The summed E-state index contributed by atoms with van der Waals surface area (Å²) in [6.07, 6.45) is 6.70. The molecule has 0 radical (unpaired) electrons. The standard InChI is InChI=1S/C19H28O3/c1-3-5-7-12-17(13-16-10-8-6-9-11-16)19-21-15-18(22-19)14-20-4-2/h6,8-11,13,18-19H,3-5,7,12,14-15H2,1-2H3/b17-13-/t18-,19+/m0/s1. The van der Waals surface area contributed by atoms with Gasteiger partial charge in [-0.25, -0.2) is 0 Å². The Bertz CT molecular complexity index is 441. The third kappa shape index (κ3) is 5.56. The second-order valence-electron chi connectivity index (χ2n) is 5.67. The maximum absolute atomic E-state index is 6.01. The first-order valence-electron chi connectivity index (χ1n) is 8.43. The Labute approximate surface area is 134 Å². The van der Waals surface area contributed by atoms with Gasteiger partial charge in [0.15, 0.2) is 6.29 Å². The Hall–Kier alpha value is -1.16. The van der Waals surface area contributed by atoms with Crippen LogP contribution in [0, 0.1) is 0 Å². The van der Waals surface area contributed by atoms with Crippen molar-refractivity contribution in [3.8, 4) is 0 Å². The van der Waals surface area contributed by atoms with Gasteiger partial charge in [0.2, 0.25) is 0 Å². The molecular weight excluding hydrogens is 276 g/mol. The number of rotatable bonds is 9. The summed E-state index contributed by atoms with van der Waals surface area (Å²) >= 11 is 0. The highest BCUT2D eigenvalue weighted by molar-refractivity contribution is 5.53. The monoisotopic (exact) mass is 304 g/mol. The molecule has 0 aliphatic carbocycles. The van der Waals surface area contributed by atoms with Crippen LogP contribution >= 0.6 is 0 Å². The molecule has 3 heteroatoms. The van der Waals surface area contributed by atoms with E-state index in [1.54, 1.807) is 0 Å². The van der Waals surface area contributed by atoms with Gasteiger partial charge in [0.25, 0.3) is 0 Å². The van der Waals surface area contributed by atoms with Crippen LogP contribution in [0.1, 0.15) is 45.1 Å². The fourth-order valence-electron chi connectivity index (χ4n) is 2.58. The van der Waals surface area contributed by atoms with Crippen molar-refractivity contribution in [2.45, 2.75) is 51.9 Å². The van der Waals surface area contributed by atoms with Crippen molar-refractivity contribution >= 4 is 6.08 Å². The van der Waals surface area contributed by atoms with Crippen LogP contribution in [0.4, 0.5) is 0 Å². The van der Waals surface area contributed by atoms with Crippen molar-refractivity contribution in [1.82, 2.24) is 0 Å². The summed E-state index contributed by atoms with van der Waals surface area (Å²) < 4.78 is 17.3. The summed E-state index contributed by atoms with van der Waals surface area (Å²) in [5.74, 6) is 0. The molecule has 122 valence electrons. The summed E-state index contributed by atoms with van der Waals surface area (Å²) in [5.41, 5.74) is 2.44. The van der Waals surface area contributed by atoms with Crippen LogP contribution in [0.5, 0.6) is 0 Å². The predicted octanol–water partition coefficient (Wildman–Crippen LogP) is 4.43. The third-order valence-corrected chi connectivity index (χ3v) is 3.78. The molecule has 2 rings (SSSR count). The molecule has 0 N–H and O–H groups in total. The van der Waals surface area contributed by atoms with Crippen LogP contribution in [-0.4, -0.2) is 32.2 Å². The highest BCUT2D eigenvalue weighted by Gasteiger charge is 2.28. The van der Waals surface area contributed by atoms with Crippen LogP contribution in [0.25, 0.3) is 6.08 Å². The minimum Gasteiger partial charge on any atom is -0.379 e. The lowest BCUT2D eigenvalue weighted by atomic mass is 10.0. The molecule has 22 heavy (non-hydrogen) atoms. The van der Waals surface area contributed by atoms with Gasteiger partial charge in [-0.2, -0.15) is 0 Å². The average Bonchev–Trinajstić information content (AvgIpc) is 3.02. The first-order valence-corrected chi connectivity index (χ1v) is 8.43. The van der Waals surface area contributed by atoms with Gasteiger partial charge in [-0.05, 0) is 30.9 Å². The minimum atomic E-state index is -0.220. The summed E-state index contributed by atoms with van der Waals surface area (Å²) in [7, 11) is 0. The maximum atomic E-state index is 6.01. The van der Waals surface area contributed by atoms with Crippen LogP contribution in [0.3, 0.4) is 0 Å². The number of hydrogen-bond acceptors (Lipinski definition) is 3. The molecule has 1 aromatic carbocycles. The van der Waals surface area contributed by atoms with Crippen LogP contribution in [-0.2, 0) is 14.2 Å². The fraction of sp³-hybridized carbons (Fsp3) is 0.579. The molecule has 1 saturated heterocycles. The number of benzene rings is 1. The number of unbranched alkanes of at least 4 members (excludes halogenated alkanes) is 2. The fourth-order valence-corrected chi connectivity index (χ4v) is 2.58. The normalized spacial score (nSPS) is 22.2. The average molecular weight is 304 g/mol. The zero-order valence-corrected chi connectivity index (χ0v) is 13.8. The molecule has 0 aromatic heterocycles. The second kappa shape index (κ2) is 9.78. The molecule has 1 heterocycles. The van der Waals surface area contributed by atoms with E-state index >= 15 is 0 Å². The van der Waals surface area contributed by atoms with Crippen molar-refractivity contribution in [3.05, 3.63) is 41.5 Å². The Morgan fingerprint density at radius 1 is 1.23 bits per heavy atom. The van der Waals surface area contributed by atoms with Crippen molar-refractivity contribution in [1.29, 1.82) is 0 Å². The lowest BCUT2D eigenvalue weighted by Gasteiger charge is -2.16. The highest BCUT2D eigenvalue weighted by Crippen LogP contribution is 2.25. The van der Waals surface area contributed by atoms with Gasteiger partial charge in [-0.15, -0.1) is 0 Å². The summed E-state index contributed by atoms with van der Waals surface area (Å²) in [6.45, 7) is 6.17. The molecular formula is C19H28O3. The van der Waals surface area contributed by atoms with Gasteiger partial charge in [0.1, 0.15) is 6.10 Å². The second-order valence-corrected chi connectivity index (χ2v) is 5.67. The summed E-state index contributed by atoms with van der Waals surface area (Å²) in [6, 6.07) is 10.4. The molecule has 3 nitrogen and oxygen atoms in total. The van der Waals surface area contributed by atoms with E-state index in [2.05, 4.69) is 37.3 Å². The lowest BCUT2D eigenvalue weighted by Crippen LogP contribution is -2.19. The van der Waals surface area contributed by atoms with Crippen molar-refractivity contribution < 1.29 is 14.2 Å². The van der Waals surface area contributed by atoms with E-state index in [0.29, 0.717) is 19.8 Å². The number of hydrogen-bond donors (Lipinski definition) is 0. The van der Waals surface area contributed by atoms with E-state index in [1.165, 1.54) is 30.4 Å². The van der Waals surface area contributed by atoms with E-state index in [9.17, 15) is 0 Å². The smallest absolute Gasteiger partial charge is 0.180 e. The van der Waals surface area contributed by atoms with E-state index in [-0.39, 0.29) is 12.4 Å². The Morgan fingerprint density at radius 2 is 2.05 bits per heavy atom. The Morgan fingerprint density at radius 3 is 2.77 bits per heavy atom. The summed E-state index contributed by atoms with van der Waals surface area (Å²) in [4.78, 5) is 0. The number of ether oxygens (including phenoxy) is 3. The Kier molecular flexibility index (Phi) is 7.64. The van der Waals surface area contributed by atoms with E-state index in [0.717, 1.165) is 6.42 Å². The molecule has 0 unspecified atom stereocenters. The molecule has 0 spiro atoms. The quantitative estimate of drug-likeness (QED) is 0.632. The zero-order valence-electron chi connectivity index (χ0n) is 13.8. The highest BCUT2D eigenvalue weighted by atomic mass is 16.7. The zero-order chi connectivity index (χ0) is 15.6. The van der Waals surface area contributed by atoms with Crippen LogP contribution < -0.4 is 0 Å². The molecule has 0 saturated carbocycles. The van der Waals surface area contributed by atoms with Gasteiger partial charge in [0.05, 0.1) is 13.2 Å². The third-order valence-electron chi connectivity index (χ3n) is 3.78. The van der Waals surface area contributed by atoms with E-state index in [1.807, 2.05) is 13.0 Å². The van der Waals surface area contributed by atoms with Gasteiger partial charge in [-0.3, -0.25) is 0 Å². The topological polar surface area (TPSA) is 27.7 Å². The van der Waals surface area contributed by atoms with Crippen LogP contribution in [0.15, 0.2) is 35.9 Å². The Balaban J connectivity index is 2.00. The lowest BCUT2D eigenvalue weighted by molar-refractivity contribution is -0.0470. The SMILES string of the molecule is CCCCC/C(=C/c1ccccc1)[C@@H]1OC[C@H](COCC)O1. The first kappa shape index (κ1) is 17.2. The van der Waals surface area contributed by atoms with Gasteiger partial charge in [0, 0.05) is 6.61 Å². The van der Waals surface area contributed by atoms with Crippen molar-refractivity contribution in [3.63, 3.8) is 0 Å². The van der Waals surface area contributed by atoms with Crippen molar-refractivity contribution in [2.24, 2.45) is 0 Å². The molecule has 2 atom stereocenters. The van der Waals surface area contributed by atoms with E-state index in [4.69, 9.17) is 14.2 Å². The molecule has 1 aromatic rings. The largest absolute Gasteiger partial charge is 0.379 e. The molecule has 0 bridgehead atoms. The molecule has 1 aliphatic heterocycles. The summed E-state index contributed by atoms with van der Waals surface area (Å²) in [5, 5.41) is 0. The maximum Gasteiger partial charge on any atom is 0.180 e. The molecule has 0 amide bonds. The molecule has 1 aliphatic rings. The molecule has 1 fully saturated rings.